The first-order valence-corrected chi connectivity index (χ1v) is 4.03. The topological polar surface area (TPSA) is 104 Å². The molecule has 3 N–H and O–H groups in total. The molecule has 0 aliphatic carbocycles. The molecule has 0 amide bonds. The Bertz CT molecular complexity index is 242. The third-order valence-electron chi connectivity index (χ3n) is 2.04. The van der Waals surface area contributed by atoms with E-state index in [0.717, 1.165) is 13.8 Å². The van der Waals surface area contributed by atoms with E-state index in [2.05, 4.69) is 4.74 Å². The molecule has 14 heavy (non-hydrogen) atoms. The normalized spacial score (nSPS) is 19.2. The van der Waals surface area contributed by atoms with Crippen LogP contribution >= 0.6 is 0 Å². The van der Waals surface area contributed by atoms with Gasteiger partial charge >= 0.3 is 11.9 Å². The van der Waals surface area contributed by atoms with Crippen LogP contribution in [0.1, 0.15) is 20.8 Å². The Morgan fingerprint density at radius 3 is 1.93 bits per heavy atom. The Balaban J connectivity index is 4.94. The third-order valence-corrected chi connectivity index (χ3v) is 2.04. The largest absolute Gasteiger partial charge is 0.479 e. The molecule has 82 valence electrons. The molecule has 0 aromatic heterocycles. The lowest BCUT2D eigenvalue weighted by Gasteiger charge is -2.32. The molecule has 0 bridgehead atoms. The number of carbonyl (C=O) groups excluding carboxylic acids is 1. The quantitative estimate of drug-likeness (QED) is 0.517. The Labute approximate surface area is 81.1 Å². The van der Waals surface area contributed by atoms with Crippen molar-refractivity contribution in [3.8, 4) is 0 Å². The number of carbonyl (C=O) groups is 2. The molecule has 0 aromatic rings. The summed E-state index contributed by atoms with van der Waals surface area (Å²) < 4.78 is 4.43. The van der Waals surface area contributed by atoms with Gasteiger partial charge in [0, 0.05) is 0 Å². The summed E-state index contributed by atoms with van der Waals surface area (Å²) in [5.74, 6) is -2.87. The van der Waals surface area contributed by atoms with E-state index >= 15 is 0 Å². The minimum atomic E-state index is -2.58. The first-order chi connectivity index (χ1) is 6.17. The van der Waals surface area contributed by atoms with Gasteiger partial charge in [0.1, 0.15) is 0 Å². The average Bonchev–Trinajstić information content (AvgIpc) is 2.04. The van der Waals surface area contributed by atoms with Gasteiger partial charge in [-0.1, -0.05) is 0 Å². The minimum Gasteiger partial charge on any atom is -0.479 e. The van der Waals surface area contributed by atoms with Gasteiger partial charge in [-0.15, -0.1) is 0 Å². The highest BCUT2D eigenvalue weighted by Crippen LogP contribution is 2.23. The number of esters is 1. The monoisotopic (exact) mass is 206 g/mol. The number of hydrogen-bond donors (Lipinski definition) is 3. The van der Waals surface area contributed by atoms with E-state index in [9.17, 15) is 19.8 Å². The minimum absolute atomic E-state index is 0.00924. The molecule has 0 fully saturated rings. The lowest BCUT2D eigenvalue weighted by atomic mass is 9.86. The van der Waals surface area contributed by atoms with Crippen molar-refractivity contribution in [3.63, 3.8) is 0 Å². The van der Waals surface area contributed by atoms with Crippen molar-refractivity contribution < 1.29 is 29.6 Å². The van der Waals surface area contributed by atoms with Gasteiger partial charge in [-0.2, -0.15) is 0 Å². The number of rotatable bonds is 4. The molecule has 2 unspecified atom stereocenters. The number of carboxylic acid groups (broad SMARTS) is 1. The van der Waals surface area contributed by atoms with Gasteiger partial charge in [0.05, 0.1) is 6.61 Å². The average molecular weight is 206 g/mol. The van der Waals surface area contributed by atoms with Crippen molar-refractivity contribution in [1.29, 1.82) is 0 Å². The SMILES string of the molecule is CCOC(=O)C(C)(O)C(C)(O)C(=O)O. The second-order valence-electron chi connectivity index (χ2n) is 3.17. The van der Waals surface area contributed by atoms with E-state index in [0.29, 0.717) is 0 Å². The van der Waals surface area contributed by atoms with Gasteiger partial charge in [-0.05, 0) is 20.8 Å². The number of aliphatic carboxylic acids is 1. The molecule has 0 saturated heterocycles. The Morgan fingerprint density at radius 2 is 1.64 bits per heavy atom. The predicted molar refractivity (Wildman–Crippen MR) is 45.5 cm³/mol. The molecule has 0 heterocycles. The number of ether oxygens (including phenoxy) is 1. The van der Waals surface area contributed by atoms with E-state index in [1.54, 1.807) is 0 Å². The van der Waals surface area contributed by atoms with E-state index < -0.39 is 23.1 Å². The van der Waals surface area contributed by atoms with Gasteiger partial charge < -0.3 is 20.1 Å². The van der Waals surface area contributed by atoms with Crippen LogP contribution in [0.3, 0.4) is 0 Å². The van der Waals surface area contributed by atoms with Crippen LogP contribution in [0.2, 0.25) is 0 Å². The van der Waals surface area contributed by atoms with Crippen molar-refractivity contribution >= 4 is 11.9 Å². The fourth-order valence-corrected chi connectivity index (χ4v) is 0.679. The Kier molecular flexibility index (Phi) is 3.61. The van der Waals surface area contributed by atoms with Crippen LogP contribution in [0.5, 0.6) is 0 Å². The zero-order chi connectivity index (χ0) is 11.6. The lowest BCUT2D eigenvalue weighted by Crippen LogP contribution is -2.60. The predicted octanol–water partition coefficient (Wildman–Crippen LogP) is -0.864. The third kappa shape index (κ3) is 2.02. The molecule has 0 aliphatic rings. The molecule has 0 rings (SSSR count). The Hall–Kier alpha value is -1.14. The maximum Gasteiger partial charge on any atom is 0.341 e. The Morgan fingerprint density at radius 1 is 1.21 bits per heavy atom. The summed E-state index contributed by atoms with van der Waals surface area (Å²) in [6.07, 6.45) is 0. The summed E-state index contributed by atoms with van der Waals surface area (Å²) in [7, 11) is 0. The molecule has 0 radical (unpaired) electrons. The zero-order valence-corrected chi connectivity index (χ0v) is 8.27. The van der Waals surface area contributed by atoms with Crippen LogP contribution < -0.4 is 0 Å². The molecule has 0 aromatic carbocycles. The van der Waals surface area contributed by atoms with E-state index in [-0.39, 0.29) is 6.61 Å². The summed E-state index contributed by atoms with van der Waals surface area (Å²) in [6.45, 7) is 3.21. The molecular formula is C8H14O6. The molecule has 0 aliphatic heterocycles. The first kappa shape index (κ1) is 12.9. The molecule has 6 nitrogen and oxygen atoms in total. The van der Waals surface area contributed by atoms with E-state index in [1.807, 2.05) is 0 Å². The van der Waals surface area contributed by atoms with Crippen LogP contribution in [0.15, 0.2) is 0 Å². The summed E-state index contributed by atoms with van der Waals surface area (Å²) in [5.41, 5.74) is -5.06. The number of carboxylic acids is 1. The summed E-state index contributed by atoms with van der Waals surface area (Å²) >= 11 is 0. The first-order valence-electron chi connectivity index (χ1n) is 4.03. The molecule has 2 atom stereocenters. The highest BCUT2D eigenvalue weighted by Gasteiger charge is 2.54. The zero-order valence-electron chi connectivity index (χ0n) is 8.27. The summed E-state index contributed by atoms with van der Waals surface area (Å²) in [6, 6.07) is 0. The fraction of sp³-hybridized carbons (Fsp3) is 0.750. The smallest absolute Gasteiger partial charge is 0.341 e. The molecule has 0 spiro atoms. The summed E-state index contributed by atoms with van der Waals surface area (Å²) in [5, 5.41) is 27.4. The maximum atomic E-state index is 11.1. The van der Waals surface area contributed by atoms with Gasteiger partial charge in [0.25, 0.3) is 0 Å². The van der Waals surface area contributed by atoms with Crippen molar-refractivity contribution in [2.24, 2.45) is 0 Å². The lowest BCUT2D eigenvalue weighted by molar-refractivity contribution is -0.202. The van der Waals surface area contributed by atoms with Gasteiger partial charge in [0.15, 0.2) is 11.2 Å². The fourth-order valence-electron chi connectivity index (χ4n) is 0.679. The van der Waals surface area contributed by atoms with Gasteiger partial charge in [-0.25, -0.2) is 9.59 Å². The van der Waals surface area contributed by atoms with Crippen molar-refractivity contribution in [3.05, 3.63) is 0 Å². The van der Waals surface area contributed by atoms with Gasteiger partial charge in [-0.3, -0.25) is 0 Å². The van der Waals surface area contributed by atoms with Crippen LogP contribution in [0, 0.1) is 0 Å². The van der Waals surface area contributed by atoms with Crippen molar-refractivity contribution in [2.45, 2.75) is 32.0 Å². The van der Waals surface area contributed by atoms with Crippen LogP contribution in [0.25, 0.3) is 0 Å². The summed E-state index contributed by atoms with van der Waals surface area (Å²) in [4.78, 5) is 21.7. The van der Waals surface area contributed by atoms with Crippen LogP contribution in [-0.2, 0) is 14.3 Å². The van der Waals surface area contributed by atoms with E-state index in [1.165, 1.54) is 6.92 Å². The molecule has 0 saturated carbocycles. The number of hydrogen-bond acceptors (Lipinski definition) is 5. The van der Waals surface area contributed by atoms with Crippen molar-refractivity contribution in [1.82, 2.24) is 0 Å². The highest BCUT2D eigenvalue weighted by molar-refractivity contribution is 5.90. The molecular weight excluding hydrogens is 192 g/mol. The van der Waals surface area contributed by atoms with Crippen LogP contribution in [0.4, 0.5) is 0 Å². The maximum absolute atomic E-state index is 11.1. The standard InChI is InChI=1S/C8H14O6/c1-4-14-6(11)8(3,13)7(2,12)5(9)10/h12-13H,4H2,1-3H3,(H,9,10). The molecule has 6 heteroatoms. The van der Waals surface area contributed by atoms with Crippen LogP contribution in [-0.4, -0.2) is 45.1 Å². The van der Waals surface area contributed by atoms with Gasteiger partial charge in [0.2, 0.25) is 0 Å². The van der Waals surface area contributed by atoms with Crippen molar-refractivity contribution in [2.75, 3.05) is 6.61 Å². The second-order valence-corrected chi connectivity index (χ2v) is 3.17. The number of aliphatic hydroxyl groups is 2. The second kappa shape index (κ2) is 3.93. The van der Waals surface area contributed by atoms with E-state index in [4.69, 9.17) is 5.11 Å². The highest BCUT2D eigenvalue weighted by atomic mass is 16.6.